The van der Waals surface area contributed by atoms with Crippen LogP contribution >= 0.6 is 0 Å². The van der Waals surface area contributed by atoms with Crippen molar-refractivity contribution in [2.45, 2.75) is 44.5 Å². The predicted octanol–water partition coefficient (Wildman–Crippen LogP) is 2.72. The molecule has 1 aliphatic rings. The van der Waals surface area contributed by atoms with E-state index in [1.165, 1.54) is 13.2 Å². The van der Waals surface area contributed by atoms with Gasteiger partial charge in [-0.1, -0.05) is 24.3 Å². The first-order valence-electron chi connectivity index (χ1n) is 8.62. The molecule has 0 radical (unpaired) electrons. The van der Waals surface area contributed by atoms with E-state index >= 15 is 0 Å². The summed E-state index contributed by atoms with van der Waals surface area (Å²) < 4.78 is 16.1. The first-order chi connectivity index (χ1) is 12.5. The molecular weight excluding hydrogens is 336 g/mol. The summed E-state index contributed by atoms with van der Waals surface area (Å²) in [6.07, 6.45) is 6.03. The van der Waals surface area contributed by atoms with E-state index in [1.807, 2.05) is 6.08 Å². The van der Waals surface area contributed by atoms with Gasteiger partial charge in [-0.2, -0.15) is 0 Å². The molecule has 1 aromatic rings. The van der Waals surface area contributed by atoms with Crippen molar-refractivity contribution in [3.63, 3.8) is 0 Å². The zero-order valence-electron chi connectivity index (χ0n) is 15.3. The summed E-state index contributed by atoms with van der Waals surface area (Å²) in [6, 6.07) is 3.37. The largest absolute Gasteiger partial charge is 0.497 e. The van der Waals surface area contributed by atoms with Crippen molar-refractivity contribution in [3.05, 3.63) is 41.5 Å². The molecule has 3 atom stereocenters. The van der Waals surface area contributed by atoms with Crippen molar-refractivity contribution in [2.75, 3.05) is 14.2 Å². The number of aliphatic hydroxyl groups excluding tert-OH is 2. The van der Waals surface area contributed by atoms with Crippen LogP contribution in [0.1, 0.15) is 42.1 Å². The third kappa shape index (κ3) is 5.09. The van der Waals surface area contributed by atoms with Crippen LogP contribution in [0.5, 0.6) is 11.5 Å². The van der Waals surface area contributed by atoms with Gasteiger partial charge in [0.25, 0.3) is 0 Å². The number of methoxy groups -OCH3 is 2. The van der Waals surface area contributed by atoms with Gasteiger partial charge in [0.1, 0.15) is 23.2 Å². The number of aliphatic hydroxyl groups is 2. The molecule has 0 aromatic heterocycles. The zero-order valence-corrected chi connectivity index (χ0v) is 15.3. The third-order valence-corrected chi connectivity index (χ3v) is 4.20. The number of cyclic esters (lactones) is 1. The fraction of sp³-hybridized carbons (Fsp3) is 0.450. The summed E-state index contributed by atoms with van der Waals surface area (Å²) in [7, 11) is 3.03. The summed E-state index contributed by atoms with van der Waals surface area (Å²) in [5.41, 5.74) is 0.944. The van der Waals surface area contributed by atoms with E-state index in [9.17, 15) is 15.0 Å². The first kappa shape index (κ1) is 20.0. The highest BCUT2D eigenvalue weighted by atomic mass is 16.5. The summed E-state index contributed by atoms with van der Waals surface area (Å²) >= 11 is 0. The van der Waals surface area contributed by atoms with E-state index < -0.39 is 24.3 Å². The molecule has 2 rings (SSSR count). The Hall–Kier alpha value is -2.31. The minimum atomic E-state index is -0.943. The lowest BCUT2D eigenvalue weighted by Gasteiger charge is -2.17. The second-order valence-electron chi connectivity index (χ2n) is 6.21. The van der Waals surface area contributed by atoms with Crippen LogP contribution < -0.4 is 9.47 Å². The molecule has 6 heteroatoms. The van der Waals surface area contributed by atoms with Gasteiger partial charge < -0.3 is 24.4 Å². The van der Waals surface area contributed by atoms with Crippen LogP contribution in [0, 0.1) is 0 Å². The van der Waals surface area contributed by atoms with Gasteiger partial charge in [0, 0.05) is 12.5 Å². The van der Waals surface area contributed by atoms with Crippen LogP contribution in [0.3, 0.4) is 0 Å². The lowest BCUT2D eigenvalue weighted by Crippen LogP contribution is -2.23. The minimum Gasteiger partial charge on any atom is -0.497 e. The molecule has 6 nitrogen and oxygen atoms in total. The van der Waals surface area contributed by atoms with Gasteiger partial charge in [0.2, 0.25) is 0 Å². The molecule has 0 bridgehead atoms. The Balaban J connectivity index is 2.43. The average Bonchev–Trinajstić information content (AvgIpc) is 2.63. The smallest absolute Gasteiger partial charge is 0.342 e. The molecule has 1 heterocycles. The number of ether oxygens (including phenoxy) is 3. The molecule has 0 spiro atoms. The van der Waals surface area contributed by atoms with Gasteiger partial charge in [-0.3, -0.25) is 0 Å². The van der Waals surface area contributed by atoms with Crippen molar-refractivity contribution in [1.82, 2.24) is 0 Å². The van der Waals surface area contributed by atoms with Gasteiger partial charge in [0.15, 0.2) is 0 Å². The molecule has 1 aromatic carbocycles. The van der Waals surface area contributed by atoms with E-state index in [4.69, 9.17) is 14.2 Å². The van der Waals surface area contributed by atoms with Gasteiger partial charge in [-0.15, -0.1) is 0 Å². The number of carbonyl (C=O) groups excluding carboxylic acids is 1. The maximum Gasteiger partial charge on any atom is 0.342 e. The summed E-state index contributed by atoms with van der Waals surface area (Å²) in [4.78, 5) is 12.7. The lowest BCUT2D eigenvalue weighted by atomic mass is 10.0. The molecule has 0 saturated heterocycles. The number of carbonyl (C=O) groups is 1. The maximum absolute atomic E-state index is 12.7. The molecule has 1 unspecified atom stereocenters. The van der Waals surface area contributed by atoms with Gasteiger partial charge in [-0.25, -0.2) is 4.79 Å². The van der Waals surface area contributed by atoms with Crippen LogP contribution in [0.4, 0.5) is 0 Å². The van der Waals surface area contributed by atoms with Crippen LogP contribution in [-0.2, 0) is 4.74 Å². The number of fused-ring (bicyclic) bond motifs is 1. The molecule has 0 aliphatic carbocycles. The SMILES string of the molecule is COc1cc2c(c(OC)c1)C(=O)O[C@@H](C)C/C=C\C(O)[C@@H](O)CCC=C2. The van der Waals surface area contributed by atoms with Crippen molar-refractivity contribution in [3.8, 4) is 11.5 Å². The Morgan fingerprint density at radius 1 is 1.15 bits per heavy atom. The fourth-order valence-electron chi connectivity index (χ4n) is 2.72. The fourth-order valence-corrected chi connectivity index (χ4v) is 2.72. The van der Waals surface area contributed by atoms with Crippen molar-refractivity contribution >= 4 is 12.0 Å². The van der Waals surface area contributed by atoms with Crippen molar-refractivity contribution in [2.24, 2.45) is 0 Å². The second kappa shape index (κ2) is 9.40. The Labute approximate surface area is 153 Å². The topological polar surface area (TPSA) is 85.2 Å². The van der Waals surface area contributed by atoms with Crippen LogP contribution in [0.15, 0.2) is 30.4 Å². The minimum absolute atomic E-state index is 0.332. The quantitative estimate of drug-likeness (QED) is 0.622. The highest BCUT2D eigenvalue weighted by Crippen LogP contribution is 2.31. The van der Waals surface area contributed by atoms with Gasteiger partial charge >= 0.3 is 5.97 Å². The Morgan fingerprint density at radius 2 is 1.92 bits per heavy atom. The third-order valence-electron chi connectivity index (χ3n) is 4.20. The average molecular weight is 362 g/mol. The number of allylic oxidation sites excluding steroid dienone is 1. The summed E-state index contributed by atoms with van der Waals surface area (Å²) in [5, 5.41) is 19.9. The number of esters is 1. The van der Waals surface area contributed by atoms with Crippen LogP contribution in [0.2, 0.25) is 0 Å². The Kier molecular flexibility index (Phi) is 7.24. The highest BCUT2D eigenvalue weighted by molar-refractivity contribution is 5.97. The molecule has 2 N–H and O–H groups in total. The molecule has 142 valence electrons. The predicted molar refractivity (Wildman–Crippen MR) is 98.5 cm³/mol. The van der Waals surface area contributed by atoms with Crippen LogP contribution in [0.25, 0.3) is 6.08 Å². The second-order valence-corrected chi connectivity index (χ2v) is 6.21. The molecular formula is C20H26O6. The molecule has 0 saturated carbocycles. The van der Waals surface area contributed by atoms with E-state index in [2.05, 4.69) is 0 Å². The van der Waals surface area contributed by atoms with E-state index in [-0.39, 0.29) is 0 Å². The van der Waals surface area contributed by atoms with E-state index in [1.54, 1.807) is 38.3 Å². The number of hydrogen-bond donors (Lipinski definition) is 2. The molecule has 0 fully saturated rings. The van der Waals surface area contributed by atoms with E-state index in [0.29, 0.717) is 41.9 Å². The Bertz CT molecular complexity index is 679. The molecule has 1 aliphatic heterocycles. The molecule has 26 heavy (non-hydrogen) atoms. The van der Waals surface area contributed by atoms with Crippen molar-refractivity contribution < 1.29 is 29.2 Å². The monoisotopic (exact) mass is 362 g/mol. The lowest BCUT2D eigenvalue weighted by molar-refractivity contribution is 0.0336. The maximum atomic E-state index is 12.7. The number of hydrogen-bond acceptors (Lipinski definition) is 6. The van der Waals surface area contributed by atoms with Gasteiger partial charge in [-0.05, 0) is 31.4 Å². The summed E-state index contributed by atoms with van der Waals surface area (Å²) in [5.74, 6) is 0.451. The van der Waals surface area contributed by atoms with E-state index in [0.717, 1.165) is 0 Å². The molecule has 0 amide bonds. The first-order valence-corrected chi connectivity index (χ1v) is 8.62. The zero-order chi connectivity index (χ0) is 19.1. The van der Waals surface area contributed by atoms with Crippen molar-refractivity contribution in [1.29, 1.82) is 0 Å². The Morgan fingerprint density at radius 3 is 2.62 bits per heavy atom. The number of rotatable bonds is 2. The standard InChI is InChI=1S/C20H26O6/c1-13-7-6-10-17(22)16(21)9-5-4-8-14-11-15(24-2)12-18(25-3)19(14)20(23)26-13/h4,6,8,10-13,16-17,21-22H,5,7,9H2,1-3H3/b8-4?,10-6-/t13-,16-,17?/m0/s1. The van der Waals surface area contributed by atoms with Gasteiger partial charge in [0.05, 0.1) is 26.4 Å². The number of benzene rings is 1. The van der Waals surface area contributed by atoms with Crippen LogP contribution in [-0.4, -0.2) is 48.7 Å². The summed E-state index contributed by atoms with van der Waals surface area (Å²) in [6.45, 7) is 1.77. The highest BCUT2D eigenvalue weighted by Gasteiger charge is 2.22. The normalized spacial score (nSPS) is 25.6.